The summed E-state index contributed by atoms with van der Waals surface area (Å²) in [6, 6.07) is 0.169. The number of hydrogen-bond donors (Lipinski definition) is 3. The van der Waals surface area contributed by atoms with E-state index in [9.17, 15) is 0 Å². The summed E-state index contributed by atoms with van der Waals surface area (Å²) in [6.45, 7) is 3.15. The minimum absolute atomic E-state index is 0.147. The first-order chi connectivity index (χ1) is 8.35. The lowest BCUT2D eigenvalue weighted by Gasteiger charge is -2.15. The summed E-state index contributed by atoms with van der Waals surface area (Å²) in [7, 11) is 0. The molecule has 0 aliphatic rings. The third-order valence-corrected chi connectivity index (χ3v) is 3.17. The van der Waals surface area contributed by atoms with Crippen molar-refractivity contribution in [2.24, 2.45) is 0 Å². The van der Waals surface area contributed by atoms with Crippen molar-refractivity contribution in [3.05, 3.63) is 0 Å². The summed E-state index contributed by atoms with van der Waals surface area (Å²) in [4.78, 5) is 0. The van der Waals surface area contributed by atoms with Crippen LogP contribution in [0.15, 0.2) is 0 Å². The number of rotatable bonds is 13. The fourth-order valence-corrected chi connectivity index (χ4v) is 2.05. The third-order valence-electron chi connectivity index (χ3n) is 3.17. The average molecular weight is 245 g/mol. The highest BCUT2D eigenvalue weighted by atomic mass is 16.3. The zero-order chi connectivity index (χ0) is 12.8. The molecule has 0 aromatic rings. The summed E-state index contributed by atoms with van der Waals surface area (Å²) in [6.07, 6.45) is 11.6. The Hall–Kier alpha value is -0.120. The van der Waals surface area contributed by atoms with Crippen LogP contribution in [0, 0.1) is 0 Å². The van der Waals surface area contributed by atoms with E-state index in [1.165, 1.54) is 51.4 Å². The molecule has 3 nitrogen and oxygen atoms in total. The fourth-order valence-electron chi connectivity index (χ4n) is 2.05. The SMILES string of the molecule is CCCCCCCCCCC(CO)NCCO. The normalized spacial score (nSPS) is 12.9. The van der Waals surface area contributed by atoms with Crippen molar-refractivity contribution >= 4 is 0 Å². The van der Waals surface area contributed by atoms with Crippen LogP contribution in [-0.4, -0.2) is 36.0 Å². The molecule has 0 rings (SSSR count). The maximum absolute atomic E-state index is 9.11. The van der Waals surface area contributed by atoms with Crippen LogP contribution in [0.2, 0.25) is 0 Å². The molecule has 1 atom stereocenters. The van der Waals surface area contributed by atoms with Gasteiger partial charge in [-0.2, -0.15) is 0 Å². The van der Waals surface area contributed by atoms with Gasteiger partial charge in [0.2, 0.25) is 0 Å². The third kappa shape index (κ3) is 12.1. The second kappa shape index (κ2) is 13.9. The summed E-state index contributed by atoms with van der Waals surface area (Å²) in [5, 5.41) is 20.9. The molecule has 0 aliphatic carbocycles. The first-order valence-electron chi connectivity index (χ1n) is 7.30. The molecule has 3 N–H and O–H groups in total. The zero-order valence-electron chi connectivity index (χ0n) is 11.5. The first kappa shape index (κ1) is 16.9. The Morgan fingerprint density at radius 3 is 2.00 bits per heavy atom. The van der Waals surface area contributed by atoms with Crippen molar-refractivity contribution in [3.8, 4) is 0 Å². The van der Waals surface area contributed by atoms with Gasteiger partial charge in [-0.1, -0.05) is 58.3 Å². The van der Waals surface area contributed by atoms with Crippen molar-refractivity contribution in [1.29, 1.82) is 0 Å². The molecule has 17 heavy (non-hydrogen) atoms. The molecule has 0 saturated heterocycles. The molecular formula is C14H31NO2. The van der Waals surface area contributed by atoms with Crippen LogP contribution in [0.3, 0.4) is 0 Å². The van der Waals surface area contributed by atoms with E-state index >= 15 is 0 Å². The van der Waals surface area contributed by atoms with E-state index in [1.54, 1.807) is 0 Å². The zero-order valence-corrected chi connectivity index (χ0v) is 11.5. The largest absolute Gasteiger partial charge is 0.395 e. The number of nitrogens with one attached hydrogen (secondary N) is 1. The summed E-state index contributed by atoms with van der Waals surface area (Å²) < 4.78 is 0. The predicted octanol–water partition coefficient (Wildman–Crippen LogP) is 2.46. The van der Waals surface area contributed by atoms with Crippen molar-refractivity contribution in [1.82, 2.24) is 5.32 Å². The molecule has 0 aromatic heterocycles. The van der Waals surface area contributed by atoms with Crippen LogP contribution in [-0.2, 0) is 0 Å². The highest BCUT2D eigenvalue weighted by molar-refractivity contribution is 4.64. The Bertz CT molecular complexity index is 142. The second-order valence-corrected chi connectivity index (χ2v) is 4.82. The van der Waals surface area contributed by atoms with E-state index in [0.717, 1.165) is 6.42 Å². The van der Waals surface area contributed by atoms with Crippen molar-refractivity contribution < 1.29 is 10.2 Å². The maximum atomic E-state index is 9.11. The molecule has 0 bridgehead atoms. The highest BCUT2D eigenvalue weighted by Crippen LogP contribution is 2.10. The van der Waals surface area contributed by atoms with Gasteiger partial charge in [0, 0.05) is 12.6 Å². The van der Waals surface area contributed by atoms with Gasteiger partial charge in [-0.15, -0.1) is 0 Å². The quantitative estimate of drug-likeness (QED) is 0.437. The molecule has 104 valence electrons. The van der Waals surface area contributed by atoms with Gasteiger partial charge >= 0.3 is 0 Å². The lowest BCUT2D eigenvalue weighted by molar-refractivity contribution is 0.217. The molecule has 0 saturated carbocycles. The topological polar surface area (TPSA) is 52.5 Å². The van der Waals surface area contributed by atoms with E-state index in [2.05, 4.69) is 12.2 Å². The van der Waals surface area contributed by atoms with Gasteiger partial charge in [0.1, 0.15) is 0 Å². The Morgan fingerprint density at radius 1 is 0.882 bits per heavy atom. The lowest BCUT2D eigenvalue weighted by Crippen LogP contribution is -2.34. The monoisotopic (exact) mass is 245 g/mol. The van der Waals surface area contributed by atoms with Gasteiger partial charge in [-0.05, 0) is 6.42 Å². The second-order valence-electron chi connectivity index (χ2n) is 4.82. The summed E-state index contributed by atoms with van der Waals surface area (Å²) >= 11 is 0. The van der Waals surface area contributed by atoms with Crippen LogP contribution >= 0.6 is 0 Å². The minimum Gasteiger partial charge on any atom is -0.395 e. The molecule has 0 spiro atoms. The van der Waals surface area contributed by atoms with E-state index in [4.69, 9.17) is 10.2 Å². The standard InChI is InChI=1S/C14H31NO2/c1-2-3-4-5-6-7-8-9-10-14(13-17)15-11-12-16/h14-17H,2-13H2,1H3. The Kier molecular flexibility index (Phi) is 13.8. The van der Waals surface area contributed by atoms with E-state index < -0.39 is 0 Å². The Balaban J connectivity index is 3.19. The highest BCUT2D eigenvalue weighted by Gasteiger charge is 2.04. The molecule has 0 heterocycles. The molecule has 0 aromatic carbocycles. The van der Waals surface area contributed by atoms with Crippen LogP contribution < -0.4 is 5.32 Å². The van der Waals surface area contributed by atoms with Crippen LogP contribution in [0.4, 0.5) is 0 Å². The smallest absolute Gasteiger partial charge is 0.0584 e. The molecule has 0 fully saturated rings. The number of aliphatic hydroxyl groups excluding tert-OH is 2. The maximum Gasteiger partial charge on any atom is 0.0584 e. The summed E-state index contributed by atoms with van der Waals surface area (Å²) in [5.74, 6) is 0. The van der Waals surface area contributed by atoms with Gasteiger partial charge in [0.15, 0.2) is 0 Å². The van der Waals surface area contributed by atoms with Crippen LogP contribution in [0.1, 0.15) is 64.7 Å². The summed E-state index contributed by atoms with van der Waals surface area (Å²) in [5.41, 5.74) is 0. The number of aliphatic hydroxyl groups is 2. The van der Waals surface area contributed by atoms with Crippen molar-refractivity contribution in [2.45, 2.75) is 70.8 Å². The Labute approximate surface area is 107 Å². The van der Waals surface area contributed by atoms with Gasteiger partial charge in [0.25, 0.3) is 0 Å². The minimum atomic E-state index is 0.147. The van der Waals surface area contributed by atoms with E-state index in [1.807, 2.05) is 0 Å². The molecule has 0 aliphatic heterocycles. The molecule has 0 radical (unpaired) electrons. The molecular weight excluding hydrogens is 214 g/mol. The predicted molar refractivity (Wildman–Crippen MR) is 73.2 cm³/mol. The fraction of sp³-hybridized carbons (Fsp3) is 1.00. The van der Waals surface area contributed by atoms with Gasteiger partial charge in [-0.25, -0.2) is 0 Å². The molecule has 3 heteroatoms. The van der Waals surface area contributed by atoms with Crippen LogP contribution in [0.5, 0.6) is 0 Å². The van der Waals surface area contributed by atoms with E-state index in [-0.39, 0.29) is 19.3 Å². The number of hydrogen-bond acceptors (Lipinski definition) is 3. The first-order valence-corrected chi connectivity index (χ1v) is 7.30. The van der Waals surface area contributed by atoms with Gasteiger partial charge in [0.05, 0.1) is 13.2 Å². The van der Waals surface area contributed by atoms with Gasteiger partial charge < -0.3 is 15.5 Å². The van der Waals surface area contributed by atoms with Gasteiger partial charge in [-0.3, -0.25) is 0 Å². The lowest BCUT2D eigenvalue weighted by atomic mass is 10.0. The molecule has 1 unspecified atom stereocenters. The number of unbranched alkanes of at least 4 members (excludes halogenated alkanes) is 7. The van der Waals surface area contributed by atoms with Crippen molar-refractivity contribution in [3.63, 3.8) is 0 Å². The molecule has 0 amide bonds. The van der Waals surface area contributed by atoms with Crippen molar-refractivity contribution in [2.75, 3.05) is 19.8 Å². The van der Waals surface area contributed by atoms with Crippen LogP contribution in [0.25, 0.3) is 0 Å². The van der Waals surface area contributed by atoms with E-state index in [0.29, 0.717) is 6.54 Å². The Morgan fingerprint density at radius 2 is 1.47 bits per heavy atom. The average Bonchev–Trinajstić information content (AvgIpc) is 2.36.